The number of benzene rings is 1. The molecule has 0 aliphatic heterocycles. The summed E-state index contributed by atoms with van der Waals surface area (Å²) in [6.45, 7) is 0.638. The van der Waals surface area contributed by atoms with E-state index in [1.165, 1.54) is 0 Å². The molecule has 0 heterocycles. The summed E-state index contributed by atoms with van der Waals surface area (Å²) < 4.78 is 0. The zero-order chi connectivity index (χ0) is 11.4. The zero-order valence-electron chi connectivity index (χ0n) is 9.00. The molecule has 2 amide bonds. The molecule has 86 valence electrons. The summed E-state index contributed by atoms with van der Waals surface area (Å²) in [4.78, 5) is 11.3. The van der Waals surface area contributed by atoms with E-state index < -0.39 is 0 Å². The summed E-state index contributed by atoms with van der Waals surface area (Å²) in [5.74, 6) is 0. The lowest BCUT2D eigenvalue weighted by atomic mass is 10.1. The summed E-state index contributed by atoms with van der Waals surface area (Å²) in [5, 5.41) is 6.44. The number of rotatable bonds is 4. The molecule has 2 N–H and O–H groups in total. The Morgan fingerprint density at radius 1 is 1.44 bits per heavy atom. The number of hydrogen-bond donors (Lipinski definition) is 2. The van der Waals surface area contributed by atoms with E-state index in [9.17, 15) is 4.79 Å². The normalized spacial score (nSPS) is 14.6. The van der Waals surface area contributed by atoms with Crippen molar-refractivity contribution in [1.29, 1.82) is 0 Å². The maximum atomic E-state index is 11.3. The second kappa shape index (κ2) is 5.21. The molecule has 1 saturated carbocycles. The number of amides is 2. The quantitative estimate of drug-likeness (QED) is 0.831. The van der Waals surface area contributed by atoms with Gasteiger partial charge in [0.15, 0.2) is 0 Å². The van der Waals surface area contributed by atoms with Crippen molar-refractivity contribution < 1.29 is 4.79 Å². The predicted octanol–water partition coefficient (Wildman–Crippen LogP) is 2.34. The van der Waals surface area contributed by atoms with Crippen LogP contribution in [0.15, 0.2) is 24.3 Å². The number of carbonyl (C=O) groups is 1. The van der Waals surface area contributed by atoms with E-state index >= 15 is 0 Å². The molecule has 16 heavy (non-hydrogen) atoms. The molecule has 2 rings (SSSR count). The molecule has 0 bridgehead atoms. The molecule has 1 fully saturated rings. The third-order valence-corrected chi connectivity index (χ3v) is 2.74. The summed E-state index contributed by atoms with van der Waals surface area (Å²) >= 11 is 5.86. The smallest absolute Gasteiger partial charge is 0.315 e. The van der Waals surface area contributed by atoms with Gasteiger partial charge in [-0.15, -0.1) is 0 Å². The second-order valence-electron chi connectivity index (χ2n) is 4.05. The van der Waals surface area contributed by atoms with Crippen LogP contribution in [0.3, 0.4) is 0 Å². The van der Waals surface area contributed by atoms with Crippen molar-refractivity contribution in [3.63, 3.8) is 0 Å². The van der Waals surface area contributed by atoms with Crippen LogP contribution in [-0.4, -0.2) is 18.6 Å². The molecule has 0 spiro atoms. The van der Waals surface area contributed by atoms with Crippen molar-refractivity contribution >= 4 is 17.6 Å². The van der Waals surface area contributed by atoms with E-state index in [1.54, 1.807) is 0 Å². The van der Waals surface area contributed by atoms with E-state index in [0.29, 0.717) is 12.6 Å². The van der Waals surface area contributed by atoms with E-state index in [4.69, 9.17) is 11.6 Å². The van der Waals surface area contributed by atoms with Crippen molar-refractivity contribution in [3.8, 4) is 0 Å². The fourth-order valence-corrected chi connectivity index (χ4v) is 1.69. The van der Waals surface area contributed by atoms with Gasteiger partial charge in [-0.1, -0.05) is 23.7 Å². The SMILES string of the molecule is O=C(NCCc1cccc(Cl)c1)NC1CC1. The molecule has 1 aromatic rings. The summed E-state index contributed by atoms with van der Waals surface area (Å²) in [7, 11) is 0. The number of urea groups is 1. The Bertz CT molecular complexity index is 377. The number of carbonyl (C=O) groups excluding carboxylic acids is 1. The lowest BCUT2D eigenvalue weighted by molar-refractivity contribution is 0.240. The average molecular weight is 239 g/mol. The monoisotopic (exact) mass is 238 g/mol. The molecule has 1 aromatic carbocycles. The maximum absolute atomic E-state index is 11.3. The van der Waals surface area contributed by atoms with Crippen molar-refractivity contribution in [2.75, 3.05) is 6.54 Å². The highest BCUT2D eigenvalue weighted by Gasteiger charge is 2.22. The minimum atomic E-state index is -0.0653. The number of nitrogens with one attached hydrogen (secondary N) is 2. The van der Waals surface area contributed by atoms with Gasteiger partial charge in [-0.05, 0) is 37.0 Å². The molecule has 0 atom stereocenters. The van der Waals surface area contributed by atoms with Crippen LogP contribution in [0, 0.1) is 0 Å². The van der Waals surface area contributed by atoms with Crippen LogP contribution >= 0.6 is 11.6 Å². The lowest BCUT2D eigenvalue weighted by Gasteiger charge is -2.06. The Morgan fingerprint density at radius 3 is 2.94 bits per heavy atom. The van der Waals surface area contributed by atoms with Gasteiger partial charge in [0.2, 0.25) is 0 Å². The third-order valence-electron chi connectivity index (χ3n) is 2.50. The molecule has 0 saturated heterocycles. The van der Waals surface area contributed by atoms with Crippen LogP contribution in [-0.2, 0) is 6.42 Å². The van der Waals surface area contributed by atoms with Gasteiger partial charge >= 0.3 is 6.03 Å². The van der Waals surface area contributed by atoms with Gasteiger partial charge in [-0.2, -0.15) is 0 Å². The van der Waals surface area contributed by atoms with Crippen LogP contribution in [0.1, 0.15) is 18.4 Å². The first kappa shape index (κ1) is 11.3. The van der Waals surface area contributed by atoms with Gasteiger partial charge in [0, 0.05) is 17.6 Å². The van der Waals surface area contributed by atoms with Crippen molar-refractivity contribution in [2.24, 2.45) is 0 Å². The molecule has 0 radical (unpaired) electrons. The van der Waals surface area contributed by atoms with Crippen LogP contribution in [0.4, 0.5) is 4.79 Å². The Kier molecular flexibility index (Phi) is 3.67. The highest BCUT2D eigenvalue weighted by atomic mass is 35.5. The lowest BCUT2D eigenvalue weighted by Crippen LogP contribution is -2.37. The third kappa shape index (κ3) is 3.74. The van der Waals surface area contributed by atoms with Crippen molar-refractivity contribution in [3.05, 3.63) is 34.9 Å². The molecule has 4 heteroatoms. The van der Waals surface area contributed by atoms with Crippen LogP contribution < -0.4 is 10.6 Å². The van der Waals surface area contributed by atoms with Gasteiger partial charge < -0.3 is 10.6 Å². The van der Waals surface area contributed by atoms with Gasteiger partial charge in [0.25, 0.3) is 0 Å². The Labute approximate surface area is 100 Å². The predicted molar refractivity (Wildman–Crippen MR) is 64.7 cm³/mol. The molecular formula is C12H15ClN2O. The fraction of sp³-hybridized carbons (Fsp3) is 0.417. The van der Waals surface area contributed by atoms with E-state index in [-0.39, 0.29) is 6.03 Å². The topological polar surface area (TPSA) is 41.1 Å². The highest BCUT2D eigenvalue weighted by Crippen LogP contribution is 2.18. The highest BCUT2D eigenvalue weighted by molar-refractivity contribution is 6.30. The van der Waals surface area contributed by atoms with Crippen molar-refractivity contribution in [2.45, 2.75) is 25.3 Å². The van der Waals surface area contributed by atoms with Gasteiger partial charge in [-0.3, -0.25) is 0 Å². The summed E-state index contributed by atoms with van der Waals surface area (Å²) in [6.07, 6.45) is 3.03. The first-order valence-corrected chi connectivity index (χ1v) is 5.90. The van der Waals surface area contributed by atoms with E-state index in [1.807, 2.05) is 24.3 Å². The van der Waals surface area contributed by atoms with Crippen LogP contribution in [0.25, 0.3) is 0 Å². The molecule has 3 nitrogen and oxygen atoms in total. The molecule has 1 aliphatic carbocycles. The molecule has 0 aromatic heterocycles. The van der Waals surface area contributed by atoms with Gasteiger partial charge in [0.05, 0.1) is 0 Å². The Morgan fingerprint density at radius 2 is 2.25 bits per heavy atom. The summed E-state index contributed by atoms with van der Waals surface area (Å²) in [6, 6.07) is 8.03. The largest absolute Gasteiger partial charge is 0.338 e. The van der Waals surface area contributed by atoms with E-state index in [2.05, 4.69) is 10.6 Å². The van der Waals surface area contributed by atoms with Gasteiger partial charge in [0.1, 0.15) is 0 Å². The van der Waals surface area contributed by atoms with Crippen molar-refractivity contribution in [1.82, 2.24) is 10.6 Å². The first-order chi connectivity index (χ1) is 7.74. The van der Waals surface area contributed by atoms with E-state index in [0.717, 1.165) is 29.8 Å². The molecular weight excluding hydrogens is 224 g/mol. The summed E-state index contributed by atoms with van der Waals surface area (Å²) in [5.41, 5.74) is 1.14. The Balaban J connectivity index is 1.68. The molecule has 1 aliphatic rings. The van der Waals surface area contributed by atoms with Crippen LogP contribution in [0.5, 0.6) is 0 Å². The maximum Gasteiger partial charge on any atom is 0.315 e. The number of hydrogen-bond acceptors (Lipinski definition) is 1. The second-order valence-corrected chi connectivity index (χ2v) is 4.49. The fourth-order valence-electron chi connectivity index (χ4n) is 1.48. The van der Waals surface area contributed by atoms with Crippen LogP contribution in [0.2, 0.25) is 5.02 Å². The number of halogens is 1. The standard InChI is InChI=1S/C12H15ClN2O/c13-10-3-1-2-9(8-10)6-7-14-12(16)15-11-4-5-11/h1-3,8,11H,4-7H2,(H2,14,15,16). The Hall–Kier alpha value is -1.22. The first-order valence-electron chi connectivity index (χ1n) is 5.53. The minimum Gasteiger partial charge on any atom is -0.338 e. The minimum absolute atomic E-state index is 0.0653. The zero-order valence-corrected chi connectivity index (χ0v) is 9.76. The molecule has 0 unspecified atom stereocenters. The van der Waals surface area contributed by atoms with Gasteiger partial charge in [-0.25, -0.2) is 4.79 Å². The average Bonchev–Trinajstić information content (AvgIpc) is 3.02.